The highest BCUT2D eigenvalue weighted by Crippen LogP contribution is 2.16. The second kappa shape index (κ2) is 6.48. The van der Waals surface area contributed by atoms with Crippen molar-refractivity contribution < 1.29 is 13.9 Å². The first-order valence-corrected chi connectivity index (χ1v) is 6.67. The molecule has 1 unspecified atom stereocenters. The molecule has 1 aromatic carbocycles. The normalized spacial score (nSPS) is 11.9. The molecule has 1 atom stereocenters. The average molecular weight is 294 g/mol. The van der Waals surface area contributed by atoms with Gasteiger partial charge in [-0.25, -0.2) is 0 Å². The monoisotopic (exact) mass is 293 g/mol. The van der Waals surface area contributed by atoms with Gasteiger partial charge in [0.1, 0.15) is 12.4 Å². The first-order chi connectivity index (χ1) is 9.56. The van der Waals surface area contributed by atoms with Crippen molar-refractivity contribution in [1.82, 2.24) is 5.32 Å². The average Bonchev–Trinajstić information content (AvgIpc) is 2.84. The van der Waals surface area contributed by atoms with Crippen LogP contribution in [0.3, 0.4) is 0 Å². The Bertz CT molecular complexity index is 577. The molecule has 106 valence electrons. The number of hydrogen-bond donors (Lipinski definition) is 1. The Labute approximate surface area is 122 Å². The van der Waals surface area contributed by atoms with Gasteiger partial charge in [0.25, 0.3) is 5.91 Å². The maximum Gasteiger partial charge on any atom is 0.256 e. The Hall–Kier alpha value is -1.94. The number of carbonyl (C=O) groups excluding carboxylic acids is 1. The molecular formula is C15H16ClNO3. The Kier molecular flexibility index (Phi) is 4.69. The summed E-state index contributed by atoms with van der Waals surface area (Å²) in [6.07, 6.45) is 1.38. The van der Waals surface area contributed by atoms with Crippen LogP contribution >= 0.6 is 11.6 Å². The molecule has 0 aliphatic carbocycles. The molecule has 1 aromatic heterocycles. The molecule has 0 saturated carbocycles. The van der Waals surface area contributed by atoms with Crippen molar-refractivity contribution >= 4 is 17.5 Å². The maximum atomic E-state index is 11.9. The topological polar surface area (TPSA) is 51.5 Å². The largest absolute Gasteiger partial charge is 0.491 e. The minimum atomic E-state index is -0.274. The van der Waals surface area contributed by atoms with E-state index in [2.05, 4.69) is 5.32 Å². The zero-order valence-electron chi connectivity index (χ0n) is 11.4. The lowest BCUT2D eigenvalue weighted by Crippen LogP contribution is -2.36. The molecule has 1 amide bonds. The van der Waals surface area contributed by atoms with Crippen LogP contribution in [0.5, 0.6) is 5.75 Å². The van der Waals surface area contributed by atoms with Crippen LogP contribution in [0.1, 0.15) is 22.8 Å². The summed E-state index contributed by atoms with van der Waals surface area (Å²) in [5.74, 6) is 0.502. The minimum Gasteiger partial charge on any atom is -0.491 e. The van der Waals surface area contributed by atoms with E-state index in [-0.39, 0.29) is 17.2 Å². The van der Waals surface area contributed by atoms with Gasteiger partial charge in [0.05, 0.1) is 17.9 Å². The fourth-order valence-electron chi connectivity index (χ4n) is 1.65. The lowest BCUT2D eigenvalue weighted by atomic mass is 10.2. The Morgan fingerprint density at radius 1 is 1.35 bits per heavy atom. The first-order valence-electron chi connectivity index (χ1n) is 6.29. The van der Waals surface area contributed by atoms with E-state index in [1.54, 1.807) is 0 Å². The zero-order chi connectivity index (χ0) is 14.5. The molecule has 0 aliphatic heterocycles. The molecule has 2 aromatic rings. The number of rotatable bonds is 5. The van der Waals surface area contributed by atoms with Gasteiger partial charge in [-0.1, -0.05) is 17.7 Å². The standard InChI is InChI=1S/C15H16ClNO3/c1-10-3-5-12(6-4-10)20-9-11(2)17-15(18)13-7-8-19-14(13)16/h3-8,11H,9H2,1-2H3,(H,17,18). The molecule has 1 N–H and O–H groups in total. The van der Waals surface area contributed by atoms with Crippen molar-refractivity contribution in [3.05, 3.63) is 52.9 Å². The predicted octanol–water partition coefficient (Wildman–Crippen LogP) is 3.44. The van der Waals surface area contributed by atoms with E-state index in [4.69, 9.17) is 20.8 Å². The maximum absolute atomic E-state index is 11.9. The van der Waals surface area contributed by atoms with Crippen LogP contribution in [0, 0.1) is 6.92 Å². The lowest BCUT2D eigenvalue weighted by molar-refractivity contribution is 0.0926. The SMILES string of the molecule is Cc1ccc(OCC(C)NC(=O)c2ccoc2Cl)cc1. The molecule has 1 heterocycles. The van der Waals surface area contributed by atoms with Crippen LogP contribution < -0.4 is 10.1 Å². The summed E-state index contributed by atoms with van der Waals surface area (Å²) in [5, 5.41) is 2.89. The highest BCUT2D eigenvalue weighted by atomic mass is 35.5. The van der Waals surface area contributed by atoms with Crippen molar-refractivity contribution in [3.8, 4) is 5.75 Å². The molecule has 0 saturated heterocycles. The van der Waals surface area contributed by atoms with Crippen molar-refractivity contribution in [1.29, 1.82) is 0 Å². The van der Waals surface area contributed by atoms with Crippen molar-refractivity contribution in [2.24, 2.45) is 0 Å². The number of amides is 1. The molecule has 4 nitrogen and oxygen atoms in total. The van der Waals surface area contributed by atoms with Gasteiger partial charge in [-0.3, -0.25) is 4.79 Å². The van der Waals surface area contributed by atoms with E-state index < -0.39 is 0 Å². The van der Waals surface area contributed by atoms with Crippen LogP contribution in [0.15, 0.2) is 41.0 Å². The third kappa shape index (κ3) is 3.78. The van der Waals surface area contributed by atoms with Gasteiger partial charge >= 0.3 is 0 Å². The Morgan fingerprint density at radius 3 is 2.65 bits per heavy atom. The first kappa shape index (κ1) is 14.5. The van der Waals surface area contributed by atoms with Gasteiger partial charge in [0.15, 0.2) is 0 Å². The van der Waals surface area contributed by atoms with E-state index in [1.165, 1.54) is 17.9 Å². The van der Waals surface area contributed by atoms with Crippen LogP contribution in [0.25, 0.3) is 0 Å². The van der Waals surface area contributed by atoms with Gasteiger partial charge in [-0.15, -0.1) is 0 Å². The smallest absolute Gasteiger partial charge is 0.256 e. The highest BCUT2D eigenvalue weighted by molar-refractivity contribution is 6.32. The number of hydrogen-bond acceptors (Lipinski definition) is 3. The highest BCUT2D eigenvalue weighted by Gasteiger charge is 2.15. The Morgan fingerprint density at radius 2 is 2.05 bits per heavy atom. The summed E-state index contributed by atoms with van der Waals surface area (Å²) >= 11 is 5.75. The summed E-state index contributed by atoms with van der Waals surface area (Å²) in [4.78, 5) is 11.9. The molecule has 0 aliphatic rings. The van der Waals surface area contributed by atoms with Gasteiger partial charge in [0, 0.05) is 0 Å². The van der Waals surface area contributed by atoms with Gasteiger partial charge in [-0.05, 0) is 43.6 Å². The molecule has 20 heavy (non-hydrogen) atoms. The van der Waals surface area contributed by atoms with E-state index in [1.807, 2.05) is 38.1 Å². The fourth-order valence-corrected chi connectivity index (χ4v) is 1.85. The summed E-state index contributed by atoms with van der Waals surface area (Å²) < 4.78 is 10.5. The Balaban J connectivity index is 1.83. The van der Waals surface area contributed by atoms with E-state index in [0.717, 1.165) is 5.75 Å². The van der Waals surface area contributed by atoms with Crippen LogP contribution in [0.4, 0.5) is 0 Å². The van der Waals surface area contributed by atoms with Crippen molar-refractivity contribution in [3.63, 3.8) is 0 Å². The third-order valence-corrected chi connectivity index (χ3v) is 3.05. The van der Waals surface area contributed by atoms with E-state index >= 15 is 0 Å². The van der Waals surface area contributed by atoms with E-state index in [9.17, 15) is 4.79 Å². The lowest BCUT2D eigenvalue weighted by Gasteiger charge is -2.14. The van der Waals surface area contributed by atoms with Crippen LogP contribution in [-0.2, 0) is 0 Å². The van der Waals surface area contributed by atoms with E-state index in [0.29, 0.717) is 12.2 Å². The van der Waals surface area contributed by atoms with Crippen molar-refractivity contribution in [2.75, 3.05) is 6.61 Å². The number of halogens is 1. The molecular weight excluding hydrogens is 278 g/mol. The summed E-state index contributed by atoms with van der Waals surface area (Å²) in [6.45, 7) is 4.26. The number of aryl methyl sites for hydroxylation is 1. The van der Waals surface area contributed by atoms with Gasteiger partial charge in [-0.2, -0.15) is 0 Å². The summed E-state index contributed by atoms with van der Waals surface area (Å²) in [6, 6.07) is 9.14. The molecule has 0 spiro atoms. The van der Waals surface area contributed by atoms with Gasteiger partial charge < -0.3 is 14.5 Å². The minimum absolute atomic E-state index is 0.0918. The summed E-state index contributed by atoms with van der Waals surface area (Å²) in [5.41, 5.74) is 1.50. The predicted molar refractivity (Wildman–Crippen MR) is 77.3 cm³/mol. The second-order valence-corrected chi connectivity index (χ2v) is 4.95. The quantitative estimate of drug-likeness (QED) is 0.919. The number of benzene rings is 1. The molecule has 0 fully saturated rings. The summed E-state index contributed by atoms with van der Waals surface area (Å²) in [7, 11) is 0. The number of furan rings is 1. The zero-order valence-corrected chi connectivity index (χ0v) is 12.1. The fraction of sp³-hybridized carbons (Fsp3) is 0.267. The third-order valence-electron chi connectivity index (χ3n) is 2.76. The molecule has 2 rings (SSSR count). The van der Waals surface area contributed by atoms with Gasteiger partial charge in [0.2, 0.25) is 5.22 Å². The van der Waals surface area contributed by atoms with Crippen LogP contribution in [0.2, 0.25) is 5.22 Å². The number of carbonyl (C=O) groups is 1. The van der Waals surface area contributed by atoms with Crippen LogP contribution in [-0.4, -0.2) is 18.6 Å². The number of ether oxygens (including phenoxy) is 1. The second-order valence-electron chi connectivity index (χ2n) is 4.61. The molecule has 5 heteroatoms. The molecule has 0 bridgehead atoms. The number of nitrogens with one attached hydrogen (secondary N) is 1. The van der Waals surface area contributed by atoms with Crippen molar-refractivity contribution in [2.45, 2.75) is 19.9 Å². The molecule has 0 radical (unpaired) electrons.